The van der Waals surface area contributed by atoms with E-state index in [1.807, 2.05) is 13.0 Å². The molecule has 0 atom stereocenters. The Morgan fingerprint density at radius 3 is 2.44 bits per heavy atom. The molecule has 2 nitrogen and oxygen atoms in total. The van der Waals surface area contributed by atoms with Gasteiger partial charge in [-0.25, -0.2) is 4.79 Å². The third-order valence-electron chi connectivity index (χ3n) is 3.55. The fourth-order valence-electron chi connectivity index (χ4n) is 2.41. The molecule has 0 aromatic rings. The number of esters is 1. The predicted molar refractivity (Wildman–Crippen MR) is 66.1 cm³/mol. The first kappa shape index (κ1) is 13.3. The van der Waals surface area contributed by atoms with Crippen LogP contribution in [0.1, 0.15) is 46.5 Å². The molecule has 1 saturated carbocycles. The smallest absolute Gasteiger partial charge is 0.330 e. The van der Waals surface area contributed by atoms with Crippen LogP contribution in [-0.2, 0) is 9.53 Å². The van der Waals surface area contributed by atoms with Crippen molar-refractivity contribution >= 4 is 5.97 Å². The summed E-state index contributed by atoms with van der Waals surface area (Å²) >= 11 is 0. The number of hydrogen-bond acceptors (Lipinski definition) is 2. The van der Waals surface area contributed by atoms with Crippen molar-refractivity contribution < 1.29 is 9.53 Å². The van der Waals surface area contributed by atoms with Crippen LogP contribution >= 0.6 is 0 Å². The minimum atomic E-state index is -0.200. The maximum atomic E-state index is 11.1. The van der Waals surface area contributed by atoms with Crippen molar-refractivity contribution in [3.8, 4) is 0 Å². The minimum absolute atomic E-state index is 0.200. The van der Waals surface area contributed by atoms with Crippen LogP contribution in [0.2, 0.25) is 0 Å². The molecule has 0 amide bonds. The lowest BCUT2D eigenvalue weighted by Gasteiger charge is -2.29. The monoisotopic (exact) mass is 224 g/mol. The number of allylic oxidation sites excluding steroid dienone is 1. The zero-order chi connectivity index (χ0) is 12.0. The van der Waals surface area contributed by atoms with Crippen LogP contribution in [0.25, 0.3) is 0 Å². The predicted octanol–water partition coefficient (Wildman–Crippen LogP) is 3.57. The Labute approximate surface area is 99.1 Å². The van der Waals surface area contributed by atoms with Crippen LogP contribution < -0.4 is 0 Å². The van der Waals surface area contributed by atoms with Gasteiger partial charge in [-0.05, 0) is 50.4 Å². The van der Waals surface area contributed by atoms with Crippen molar-refractivity contribution in [2.45, 2.75) is 46.5 Å². The van der Waals surface area contributed by atoms with E-state index in [0.717, 1.165) is 11.8 Å². The normalized spacial score (nSPS) is 26.2. The minimum Gasteiger partial charge on any atom is -0.463 e. The quantitative estimate of drug-likeness (QED) is 0.539. The molecule has 0 spiro atoms. The van der Waals surface area contributed by atoms with E-state index in [2.05, 4.69) is 13.8 Å². The van der Waals surface area contributed by atoms with Gasteiger partial charge < -0.3 is 4.74 Å². The third-order valence-corrected chi connectivity index (χ3v) is 3.55. The van der Waals surface area contributed by atoms with Crippen LogP contribution in [0.15, 0.2) is 12.2 Å². The zero-order valence-corrected chi connectivity index (χ0v) is 10.7. The Balaban J connectivity index is 2.29. The molecular formula is C14H24O2. The molecule has 0 saturated heterocycles. The molecule has 0 unspecified atom stereocenters. The fourth-order valence-corrected chi connectivity index (χ4v) is 2.41. The van der Waals surface area contributed by atoms with Crippen molar-refractivity contribution in [3.63, 3.8) is 0 Å². The SMILES string of the molecule is CCOC(=O)/C=C/C1CCC(C(C)C)CC1. The molecule has 1 aliphatic rings. The van der Waals surface area contributed by atoms with Gasteiger partial charge in [0.1, 0.15) is 0 Å². The average Bonchev–Trinajstić information content (AvgIpc) is 2.27. The molecule has 2 heteroatoms. The summed E-state index contributed by atoms with van der Waals surface area (Å²) in [6.45, 7) is 6.90. The Bertz CT molecular complexity index is 235. The van der Waals surface area contributed by atoms with E-state index < -0.39 is 0 Å². The van der Waals surface area contributed by atoms with Crippen LogP contribution in [0.4, 0.5) is 0 Å². The molecule has 16 heavy (non-hydrogen) atoms. The van der Waals surface area contributed by atoms with Gasteiger partial charge in [-0.3, -0.25) is 0 Å². The van der Waals surface area contributed by atoms with Crippen LogP contribution in [0.5, 0.6) is 0 Å². The molecule has 0 heterocycles. The second-order valence-electron chi connectivity index (χ2n) is 5.03. The summed E-state index contributed by atoms with van der Waals surface area (Å²) in [5, 5.41) is 0. The molecule has 92 valence electrons. The second-order valence-corrected chi connectivity index (χ2v) is 5.03. The van der Waals surface area contributed by atoms with Crippen molar-refractivity contribution in [2.24, 2.45) is 17.8 Å². The van der Waals surface area contributed by atoms with Gasteiger partial charge in [0.05, 0.1) is 6.61 Å². The first-order valence-corrected chi connectivity index (χ1v) is 6.48. The Morgan fingerprint density at radius 1 is 1.31 bits per heavy atom. The fraction of sp³-hybridized carbons (Fsp3) is 0.786. The average molecular weight is 224 g/mol. The van der Waals surface area contributed by atoms with Gasteiger partial charge in [0.2, 0.25) is 0 Å². The van der Waals surface area contributed by atoms with E-state index in [1.54, 1.807) is 6.08 Å². The highest BCUT2D eigenvalue weighted by Gasteiger charge is 2.21. The standard InChI is InChI=1S/C14H24O2/c1-4-16-14(15)10-7-12-5-8-13(9-6-12)11(2)3/h7,10-13H,4-6,8-9H2,1-3H3/b10-7+. The molecule has 0 bridgehead atoms. The highest BCUT2D eigenvalue weighted by molar-refractivity contribution is 5.81. The van der Waals surface area contributed by atoms with E-state index in [4.69, 9.17) is 4.74 Å². The van der Waals surface area contributed by atoms with Crippen molar-refractivity contribution in [2.75, 3.05) is 6.61 Å². The number of carbonyl (C=O) groups excluding carboxylic acids is 1. The first-order valence-electron chi connectivity index (χ1n) is 6.48. The second kappa shape index (κ2) is 6.72. The van der Waals surface area contributed by atoms with E-state index in [1.165, 1.54) is 25.7 Å². The first-order chi connectivity index (χ1) is 7.63. The summed E-state index contributed by atoms with van der Waals surface area (Å²) in [5.41, 5.74) is 0. The van der Waals surface area contributed by atoms with Gasteiger partial charge >= 0.3 is 5.97 Å². The molecule has 0 radical (unpaired) electrons. The largest absolute Gasteiger partial charge is 0.463 e. The molecular weight excluding hydrogens is 200 g/mol. The molecule has 0 aromatic heterocycles. The number of ether oxygens (including phenoxy) is 1. The lowest BCUT2D eigenvalue weighted by molar-refractivity contribution is -0.137. The van der Waals surface area contributed by atoms with Gasteiger partial charge in [0, 0.05) is 6.08 Å². The summed E-state index contributed by atoms with van der Waals surface area (Å²) < 4.78 is 4.87. The van der Waals surface area contributed by atoms with Gasteiger partial charge in [0.15, 0.2) is 0 Å². The summed E-state index contributed by atoms with van der Waals surface area (Å²) in [4.78, 5) is 11.1. The van der Waals surface area contributed by atoms with E-state index in [-0.39, 0.29) is 5.97 Å². The lowest BCUT2D eigenvalue weighted by atomic mass is 9.77. The van der Waals surface area contributed by atoms with E-state index >= 15 is 0 Å². The van der Waals surface area contributed by atoms with Gasteiger partial charge in [0.25, 0.3) is 0 Å². The maximum absolute atomic E-state index is 11.1. The number of hydrogen-bond donors (Lipinski definition) is 0. The topological polar surface area (TPSA) is 26.3 Å². The summed E-state index contributed by atoms with van der Waals surface area (Å²) in [7, 11) is 0. The summed E-state index contributed by atoms with van der Waals surface area (Å²) in [6.07, 6.45) is 8.68. The number of carbonyl (C=O) groups is 1. The molecule has 0 N–H and O–H groups in total. The Kier molecular flexibility index (Phi) is 5.58. The summed E-state index contributed by atoms with van der Waals surface area (Å²) in [5.74, 6) is 2.06. The molecule has 1 rings (SSSR count). The van der Waals surface area contributed by atoms with Gasteiger partial charge in [-0.2, -0.15) is 0 Å². The van der Waals surface area contributed by atoms with Crippen LogP contribution in [0, 0.1) is 17.8 Å². The summed E-state index contributed by atoms with van der Waals surface area (Å²) in [6, 6.07) is 0. The lowest BCUT2D eigenvalue weighted by Crippen LogP contribution is -2.17. The van der Waals surface area contributed by atoms with Crippen molar-refractivity contribution in [3.05, 3.63) is 12.2 Å². The maximum Gasteiger partial charge on any atom is 0.330 e. The van der Waals surface area contributed by atoms with Crippen LogP contribution in [0.3, 0.4) is 0 Å². The van der Waals surface area contributed by atoms with E-state index in [0.29, 0.717) is 12.5 Å². The van der Waals surface area contributed by atoms with Crippen molar-refractivity contribution in [1.29, 1.82) is 0 Å². The molecule has 0 aromatic carbocycles. The zero-order valence-electron chi connectivity index (χ0n) is 10.7. The molecule has 1 aliphatic carbocycles. The van der Waals surface area contributed by atoms with Gasteiger partial charge in [-0.1, -0.05) is 19.9 Å². The van der Waals surface area contributed by atoms with Gasteiger partial charge in [-0.15, -0.1) is 0 Å². The third kappa shape index (κ3) is 4.38. The Morgan fingerprint density at radius 2 is 1.94 bits per heavy atom. The van der Waals surface area contributed by atoms with Crippen LogP contribution in [-0.4, -0.2) is 12.6 Å². The van der Waals surface area contributed by atoms with E-state index in [9.17, 15) is 4.79 Å². The Hall–Kier alpha value is -0.790. The van der Waals surface area contributed by atoms with Crippen molar-refractivity contribution in [1.82, 2.24) is 0 Å². The highest BCUT2D eigenvalue weighted by atomic mass is 16.5. The number of rotatable bonds is 4. The highest BCUT2D eigenvalue weighted by Crippen LogP contribution is 2.33. The molecule has 1 fully saturated rings. The molecule has 0 aliphatic heterocycles.